The van der Waals surface area contributed by atoms with Crippen LogP contribution in [0.15, 0.2) is 28.7 Å². The summed E-state index contributed by atoms with van der Waals surface area (Å²) in [6.45, 7) is 0. The highest BCUT2D eigenvalue weighted by molar-refractivity contribution is 9.10. The van der Waals surface area contributed by atoms with Gasteiger partial charge in [0.1, 0.15) is 0 Å². The molecule has 1 amide bonds. The van der Waals surface area contributed by atoms with Gasteiger partial charge in [-0.25, -0.2) is 0 Å². The molecule has 4 heteroatoms. The number of anilines is 1. The van der Waals surface area contributed by atoms with Crippen molar-refractivity contribution in [3.8, 4) is 0 Å². The molecule has 0 unspecified atom stereocenters. The second kappa shape index (κ2) is 6.34. The van der Waals surface area contributed by atoms with Crippen molar-refractivity contribution in [1.29, 1.82) is 0 Å². The molecule has 0 atom stereocenters. The van der Waals surface area contributed by atoms with Gasteiger partial charge in [-0.2, -0.15) is 0 Å². The number of halogens is 1. The minimum Gasteiger partial charge on any atom is -0.381 e. The number of methoxy groups -OCH3 is 1. The normalized spacial score (nSPS) is 23.7. The number of ether oxygens (including phenoxy) is 1. The van der Waals surface area contributed by atoms with E-state index in [2.05, 4.69) is 21.2 Å². The zero-order chi connectivity index (χ0) is 13.0. The van der Waals surface area contributed by atoms with Gasteiger partial charge in [0.05, 0.1) is 6.10 Å². The maximum atomic E-state index is 12.1. The summed E-state index contributed by atoms with van der Waals surface area (Å²) in [5.41, 5.74) is 0.858. The molecule has 0 saturated heterocycles. The van der Waals surface area contributed by atoms with E-state index in [1.807, 2.05) is 24.3 Å². The number of rotatable bonds is 3. The molecule has 0 bridgehead atoms. The summed E-state index contributed by atoms with van der Waals surface area (Å²) in [6.07, 6.45) is 4.13. The van der Waals surface area contributed by atoms with Crippen molar-refractivity contribution in [2.75, 3.05) is 12.4 Å². The van der Waals surface area contributed by atoms with E-state index in [4.69, 9.17) is 4.74 Å². The lowest BCUT2D eigenvalue weighted by molar-refractivity contribution is -0.121. The summed E-state index contributed by atoms with van der Waals surface area (Å²) in [5.74, 6) is 0.256. The van der Waals surface area contributed by atoms with Crippen LogP contribution in [-0.2, 0) is 9.53 Å². The van der Waals surface area contributed by atoms with Crippen LogP contribution in [0, 0.1) is 5.92 Å². The Labute approximate surface area is 116 Å². The predicted molar refractivity (Wildman–Crippen MR) is 75.5 cm³/mol. The number of hydrogen-bond donors (Lipinski definition) is 1. The zero-order valence-corrected chi connectivity index (χ0v) is 12.1. The van der Waals surface area contributed by atoms with Crippen molar-refractivity contribution in [3.05, 3.63) is 28.7 Å². The quantitative estimate of drug-likeness (QED) is 0.926. The topological polar surface area (TPSA) is 38.3 Å². The predicted octanol–water partition coefficient (Wildman–Crippen LogP) is 3.59. The van der Waals surface area contributed by atoms with Gasteiger partial charge in [-0.1, -0.05) is 15.9 Å². The first kappa shape index (κ1) is 13.6. The summed E-state index contributed by atoms with van der Waals surface area (Å²) >= 11 is 3.38. The monoisotopic (exact) mass is 311 g/mol. The molecule has 1 aromatic rings. The lowest BCUT2D eigenvalue weighted by Crippen LogP contribution is -2.29. The van der Waals surface area contributed by atoms with Gasteiger partial charge in [-0.3, -0.25) is 4.79 Å². The fraction of sp³-hybridized carbons (Fsp3) is 0.500. The number of nitrogens with one attached hydrogen (secondary N) is 1. The van der Waals surface area contributed by atoms with Gasteiger partial charge in [0.25, 0.3) is 0 Å². The first-order valence-corrected chi connectivity index (χ1v) is 7.07. The molecular formula is C14H18BrNO2. The number of amides is 1. The number of carbonyl (C=O) groups is 1. The molecule has 3 nitrogen and oxygen atoms in total. The van der Waals surface area contributed by atoms with Crippen LogP contribution >= 0.6 is 15.9 Å². The SMILES string of the molecule is COC1CCC(C(=O)Nc2ccc(Br)cc2)CC1. The third-order valence-electron chi connectivity index (χ3n) is 3.49. The van der Waals surface area contributed by atoms with Crippen LogP contribution in [0.4, 0.5) is 5.69 Å². The molecule has 0 heterocycles. The van der Waals surface area contributed by atoms with Crippen LogP contribution in [0.5, 0.6) is 0 Å². The Morgan fingerprint density at radius 3 is 2.39 bits per heavy atom. The molecule has 1 aliphatic carbocycles. The minimum absolute atomic E-state index is 0.125. The van der Waals surface area contributed by atoms with Crippen molar-refractivity contribution in [2.45, 2.75) is 31.8 Å². The summed E-state index contributed by atoms with van der Waals surface area (Å²) in [5, 5.41) is 2.97. The third-order valence-corrected chi connectivity index (χ3v) is 4.02. The highest BCUT2D eigenvalue weighted by atomic mass is 79.9. The highest BCUT2D eigenvalue weighted by Crippen LogP contribution is 2.27. The van der Waals surface area contributed by atoms with Crippen molar-refractivity contribution in [3.63, 3.8) is 0 Å². The fourth-order valence-electron chi connectivity index (χ4n) is 2.34. The van der Waals surface area contributed by atoms with Gasteiger partial charge >= 0.3 is 0 Å². The molecule has 1 N–H and O–H groups in total. The van der Waals surface area contributed by atoms with E-state index >= 15 is 0 Å². The first-order chi connectivity index (χ1) is 8.69. The van der Waals surface area contributed by atoms with Crippen molar-refractivity contribution >= 4 is 27.5 Å². The Balaban J connectivity index is 1.87. The molecule has 1 aliphatic rings. The van der Waals surface area contributed by atoms with Gasteiger partial charge in [-0.15, -0.1) is 0 Å². The molecule has 1 fully saturated rings. The maximum Gasteiger partial charge on any atom is 0.227 e. The van der Waals surface area contributed by atoms with Gasteiger partial charge in [-0.05, 0) is 49.9 Å². The van der Waals surface area contributed by atoms with E-state index in [0.29, 0.717) is 6.10 Å². The summed E-state index contributed by atoms with van der Waals surface area (Å²) in [6, 6.07) is 7.67. The Morgan fingerprint density at radius 1 is 1.22 bits per heavy atom. The Bertz CT molecular complexity index is 397. The van der Waals surface area contributed by atoms with Crippen LogP contribution in [0.1, 0.15) is 25.7 Å². The van der Waals surface area contributed by atoms with Crippen LogP contribution in [0.3, 0.4) is 0 Å². The van der Waals surface area contributed by atoms with E-state index < -0.39 is 0 Å². The smallest absolute Gasteiger partial charge is 0.227 e. The average Bonchev–Trinajstić information content (AvgIpc) is 2.41. The van der Waals surface area contributed by atoms with Gasteiger partial charge < -0.3 is 10.1 Å². The van der Waals surface area contributed by atoms with Crippen molar-refractivity contribution in [2.24, 2.45) is 5.92 Å². The summed E-state index contributed by atoms with van der Waals surface area (Å²) < 4.78 is 6.33. The second-order valence-electron chi connectivity index (χ2n) is 4.71. The van der Waals surface area contributed by atoms with Crippen LogP contribution < -0.4 is 5.32 Å². The van der Waals surface area contributed by atoms with Crippen LogP contribution in [0.2, 0.25) is 0 Å². The molecule has 2 rings (SSSR count). The minimum atomic E-state index is 0.125. The van der Waals surface area contributed by atoms with E-state index in [9.17, 15) is 4.79 Å². The van der Waals surface area contributed by atoms with E-state index in [0.717, 1.165) is 35.8 Å². The largest absolute Gasteiger partial charge is 0.381 e. The van der Waals surface area contributed by atoms with Crippen molar-refractivity contribution < 1.29 is 9.53 Å². The fourth-order valence-corrected chi connectivity index (χ4v) is 2.60. The molecular weight excluding hydrogens is 294 g/mol. The average molecular weight is 312 g/mol. The summed E-state index contributed by atoms with van der Waals surface area (Å²) in [7, 11) is 1.74. The summed E-state index contributed by atoms with van der Waals surface area (Å²) in [4.78, 5) is 12.1. The van der Waals surface area contributed by atoms with Gasteiger partial charge in [0, 0.05) is 23.2 Å². The molecule has 0 spiro atoms. The third kappa shape index (κ3) is 3.56. The molecule has 18 heavy (non-hydrogen) atoms. The molecule has 0 aromatic heterocycles. The number of carbonyl (C=O) groups excluding carboxylic acids is 1. The molecule has 98 valence electrons. The second-order valence-corrected chi connectivity index (χ2v) is 5.62. The first-order valence-electron chi connectivity index (χ1n) is 6.28. The molecule has 0 radical (unpaired) electrons. The van der Waals surface area contributed by atoms with Gasteiger partial charge in [0.2, 0.25) is 5.91 Å². The van der Waals surface area contributed by atoms with Crippen LogP contribution in [0.25, 0.3) is 0 Å². The van der Waals surface area contributed by atoms with Gasteiger partial charge in [0.15, 0.2) is 0 Å². The van der Waals surface area contributed by atoms with E-state index in [1.54, 1.807) is 7.11 Å². The highest BCUT2D eigenvalue weighted by Gasteiger charge is 2.26. The zero-order valence-electron chi connectivity index (χ0n) is 10.5. The molecule has 1 saturated carbocycles. The van der Waals surface area contributed by atoms with Crippen molar-refractivity contribution in [1.82, 2.24) is 0 Å². The Hall–Kier alpha value is -0.870. The Morgan fingerprint density at radius 2 is 1.83 bits per heavy atom. The number of hydrogen-bond acceptors (Lipinski definition) is 2. The Kier molecular flexibility index (Phi) is 4.78. The lowest BCUT2D eigenvalue weighted by Gasteiger charge is -2.26. The van der Waals surface area contributed by atoms with Crippen LogP contribution in [-0.4, -0.2) is 19.1 Å². The maximum absolute atomic E-state index is 12.1. The van der Waals surface area contributed by atoms with E-state index in [-0.39, 0.29) is 11.8 Å². The number of benzene rings is 1. The molecule has 0 aliphatic heterocycles. The molecule has 1 aromatic carbocycles. The van der Waals surface area contributed by atoms with E-state index in [1.165, 1.54) is 0 Å². The standard InChI is InChI=1S/C14H18BrNO2/c1-18-13-8-2-10(3-9-13)14(17)16-12-6-4-11(15)5-7-12/h4-7,10,13H,2-3,8-9H2,1H3,(H,16,17). The lowest BCUT2D eigenvalue weighted by atomic mass is 9.87.